The number of thioether (sulfide) groups is 1. The number of piperidine rings is 1. The Kier molecular flexibility index (Phi) is 3.94. The third-order valence-corrected chi connectivity index (χ3v) is 5.95. The van der Waals surface area contributed by atoms with Crippen molar-refractivity contribution in [3.8, 4) is 6.07 Å². The summed E-state index contributed by atoms with van der Waals surface area (Å²) in [5.74, 6) is 0. The molecule has 2 aliphatic heterocycles. The van der Waals surface area contributed by atoms with Crippen LogP contribution in [-0.4, -0.2) is 46.2 Å². The number of rotatable bonds is 2. The molecule has 0 aromatic heterocycles. The molecule has 0 aliphatic carbocycles. The van der Waals surface area contributed by atoms with Crippen molar-refractivity contribution in [1.82, 2.24) is 4.90 Å². The smallest absolute Gasteiger partial charge is 0.104 e. The van der Waals surface area contributed by atoms with E-state index in [4.69, 9.17) is 4.74 Å². The molecule has 1 unspecified atom stereocenters. The maximum absolute atomic E-state index is 9.36. The zero-order valence-corrected chi connectivity index (χ0v) is 13.6. The number of nitriles is 1. The van der Waals surface area contributed by atoms with Crippen molar-refractivity contribution in [2.45, 2.75) is 68.9 Å². The molecule has 19 heavy (non-hydrogen) atoms. The highest BCUT2D eigenvalue weighted by molar-refractivity contribution is 8.00. The first-order chi connectivity index (χ1) is 8.74. The molecule has 1 atom stereocenters. The molecule has 0 spiro atoms. The quantitative estimate of drug-likeness (QED) is 0.780. The molecular formula is C15H26N2OS. The molecule has 0 bridgehead atoms. The maximum Gasteiger partial charge on any atom is 0.104 e. The highest BCUT2D eigenvalue weighted by atomic mass is 32.2. The predicted molar refractivity (Wildman–Crippen MR) is 80.3 cm³/mol. The minimum Gasteiger partial charge on any atom is -0.368 e. The van der Waals surface area contributed by atoms with Crippen LogP contribution in [0.3, 0.4) is 0 Å². The van der Waals surface area contributed by atoms with E-state index >= 15 is 0 Å². The van der Waals surface area contributed by atoms with Crippen LogP contribution < -0.4 is 0 Å². The van der Waals surface area contributed by atoms with Crippen LogP contribution in [0.1, 0.15) is 47.0 Å². The number of hydrogen-bond acceptors (Lipinski definition) is 4. The van der Waals surface area contributed by atoms with Gasteiger partial charge in [0.2, 0.25) is 0 Å². The molecular weight excluding hydrogens is 256 g/mol. The van der Waals surface area contributed by atoms with Crippen LogP contribution in [0.25, 0.3) is 0 Å². The largest absolute Gasteiger partial charge is 0.368 e. The van der Waals surface area contributed by atoms with Gasteiger partial charge < -0.3 is 4.74 Å². The summed E-state index contributed by atoms with van der Waals surface area (Å²) in [6.07, 6.45) is 5.08. The Morgan fingerprint density at radius 3 is 2.16 bits per heavy atom. The van der Waals surface area contributed by atoms with Gasteiger partial charge in [0.1, 0.15) is 4.75 Å². The third-order valence-electron chi connectivity index (χ3n) is 4.67. The van der Waals surface area contributed by atoms with Crippen molar-refractivity contribution >= 4 is 11.8 Å². The normalized spacial score (nSPS) is 32.9. The van der Waals surface area contributed by atoms with Gasteiger partial charge in [-0.2, -0.15) is 5.26 Å². The maximum atomic E-state index is 9.36. The molecule has 2 heterocycles. The van der Waals surface area contributed by atoms with Crippen LogP contribution in [-0.2, 0) is 4.74 Å². The Bertz CT molecular complexity index is 378. The standard InChI is InChI=1S/C15H26N2OS/c1-13(2)10-12(14(3,4)18-13)17-8-6-15(11-16,19-5)7-9-17/h12H,6-10H2,1-5H3. The van der Waals surface area contributed by atoms with Gasteiger partial charge in [-0.25, -0.2) is 0 Å². The topological polar surface area (TPSA) is 36.3 Å². The lowest BCUT2D eigenvalue weighted by Gasteiger charge is -2.42. The first kappa shape index (κ1) is 15.2. The van der Waals surface area contributed by atoms with E-state index in [-0.39, 0.29) is 15.9 Å². The molecule has 0 saturated carbocycles. The minimum absolute atomic E-state index is 0.0303. The molecule has 0 radical (unpaired) electrons. The van der Waals surface area contributed by atoms with E-state index in [1.807, 2.05) is 0 Å². The monoisotopic (exact) mass is 282 g/mol. The summed E-state index contributed by atoms with van der Waals surface area (Å²) in [5.41, 5.74) is -0.118. The van der Waals surface area contributed by atoms with E-state index in [1.165, 1.54) is 0 Å². The lowest BCUT2D eigenvalue weighted by Crippen LogP contribution is -2.52. The highest BCUT2D eigenvalue weighted by Crippen LogP contribution is 2.43. The van der Waals surface area contributed by atoms with Crippen molar-refractivity contribution in [1.29, 1.82) is 5.26 Å². The third kappa shape index (κ3) is 2.94. The number of likely N-dealkylation sites (tertiary alicyclic amines) is 1. The van der Waals surface area contributed by atoms with Gasteiger partial charge in [-0.05, 0) is 53.2 Å². The van der Waals surface area contributed by atoms with Crippen LogP contribution in [0.2, 0.25) is 0 Å². The van der Waals surface area contributed by atoms with Crippen molar-refractivity contribution in [2.75, 3.05) is 19.3 Å². The summed E-state index contributed by atoms with van der Waals surface area (Å²) in [4.78, 5) is 2.54. The molecule has 0 aromatic rings. The SMILES string of the molecule is CSC1(C#N)CCN(C2CC(C)(C)OC2(C)C)CC1. The number of ether oxygens (including phenoxy) is 1. The Labute approximate surface area is 121 Å². The Balaban J connectivity index is 2.05. The fourth-order valence-corrected chi connectivity index (χ4v) is 4.34. The van der Waals surface area contributed by atoms with Crippen molar-refractivity contribution in [3.63, 3.8) is 0 Å². The first-order valence-corrected chi connectivity index (χ1v) is 8.37. The molecule has 2 rings (SSSR count). The summed E-state index contributed by atoms with van der Waals surface area (Å²) >= 11 is 1.72. The van der Waals surface area contributed by atoms with Crippen LogP contribution in [0, 0.1) is 11.3 Å². The molecule has 3 nitrogen and oxygen atoms in total. The molecule has 4 heteroatoms. The van der Waals surface area contributed by atoms with Crippen LogP contribution >= 0.6 is 11.8 Å². The zero-order valence-electron chi connectivity index (χ0n) is 12.8. The van der Waals surface area contributed by atoms with E-state index in [2.05, 4.69) is 44.9 Å². The molecule has 2 aliphatic rings. The summed E-state index contributed by atoms with van der Waals surface area (Å²) in [6, 6.07) is 2.99. The fraction of sp³-hybridized carbons (Fsp3) is 0.933. The van der Waals surface area contributed by atoms with Crippen LogP contribution in [0.15, 0.2) is 0 Å². The average molecular weight is 282 g/mol. The van der Waals surface area contributed by atoms with Gasteiger partial charge in [-0.1, -0.05) is 0 Å². The summed E-state index contributed by atoms with van der Waals surface area (Å²) in [6.45, 7) is 10.8. The second-order valence-electron chi connectivity index (χ2n) is 7.03. The molecule has 2 fully saturated rings. The predicted octanol–water partition coefficient (Wildman–Crippen LogP) is 3.05. The Morgan fingerprint density at radius 1 is 1.21 bits per heavy atom. The molecule has 0 aromatic carbocycles. The van der Waals surface area contributed by atoms with Gasteiger partial charge >= 0.3 is 0 Å². The van der Waals surface area contributed by atoms with Gasteiger partial charge in [-0.15, -0.1) is 11.8 Å². The van der Waals surface area contributed by atoms with Gasteiger partial charge in [0.05, 0.1) is 17.3 Å². The first-order valence-electron chi connectivity index (χ1n) is 7.14. The van der Waals surface area contributed by atoms with E-state index < -0.39 is 0 Å². The summed E-state index contributed by atoms with van der Waals surface area (Å²) in [7, 11) is 0. The Hall–Kier alpha value is -0.240. The van der Waals surface area contributed by atoms with Crippen LogP contribution in [0.4, 0.5) is 0 Å². The van der Waals surface area contributed by atoms with E-state index in [0.29, 0.717) is 6.04 Å². The fourth-order valence-electron chi connectivity index (χ4n) is 3.66. The second kappa shape index (κ2) is 4.95. The van der Waals surface area contributed by atoms with Crippen molar-refractivity contribution < 1.29 is 4.74 Å². The van der Waals surface area contributed by atoms with Gasteiger partial charge in [0.15, 0.2) is 0 Å². The summed E-state index contributed by atoms with van der Waals surface area (Å²) < 4.78 is 6.04. The van der Waals surface area contributed by atoms with Gasteiger partial charge in [0.25, 0.3) is 0 Å². The number of hydrogen-bond donors (Lipinski definition) is 0. The van der Waals surface area contributed by atoms with E-state index in [9.17, 15) is 5.26 Å². The molecule has 0 N–H and O–H groups in total. The van der Waals surface area contributed by atoms with E-state index in [0.717, 1.165) is 32.4 Å². The van der Waals surface area contributed by atoms with Crippen molar-refractivity contribution in [3.05, 3.63) is 0 Å². The number of nitrogens with zero attached hydrogens (tertiary/aromatic N) is 2. The minimum atomic E-state index is -0.157. The molecule has 0 amide bonds. The lowest BCUT2D eigenvalue weighted by atomic mass is 9.89. The molecule has 108 valence electrons. The zero-order chi connectivity index (χ0) is 14.3. The average Bonchev–Trinajstić information content (AvgIpc) is 2.57. The second-order valence-corrected chi connectivity index (χ2v) is 8.22. The summed E-state index contributed by atoms with van der Waals surface area (Å²) in [5, 5.41) is 9.36. The van der Waals surface area contributed by atoms with E-state index in [1.54, 1.807) is 11.8 Å². The van der Waals surface area contributed by atoms with Crippen molar-refractivity contribution in [2.24, 2.45) is 0 Å². The van der Waals surface area contributed by atoms with Crippen LogP contribution in [0.5, 0.6) is 0 Å². The lowest BCUT2D eigenvalue weighted by molar-refractivity contribution is -0.0820. The Morgan fingerprint density at radius 2 is 1.79 bits per heavy atom. The van der Waals surface area contributed by atoms with Gasteiger partial charge in [0, 0.05) is 19.1 Å². The highest BCUT2D eigenvalue weighted by Gasteiger charge is 2.49. The molecule has 2 saturated heterocycles. The van der Waals surface area contributed by atoms with Gasteiger partial charge in [-0.3, -0.25) is 4.90 Å².